The smallest absolute Gasteiger partial charge is 0.225 e. The minimum atomic E-state index is 0.887. The van der Waals surface area contributed by atoms with Gasteiger partial charge in [0, 0.05) is 49.0 Å². The van der Waals surface area contributed by atoms with Crippen LogP contribution in [0.15, 0.2) is 23.8 Å². The molecule has 2 aromatic heterocycles. The first-order valence-corrected chi connectivity index (χ1v) is 8.88. The highest BCUT2D eigenvalue weighted by Crippen LogP contribution is 2.19. The van der Waals surface area contributed by atoms with Crippen LogP contribution < -0.4 is 4.90 Å². The van der Waals surface area contributed by atoms with Crippen LogP contribution in [0, 0.1) is 6.92 Å². The van der Waals surface area contributed by atoms with Crippen LogP contribution in [-0.4, -0.2) is 35.0 Å². The van der Waals surface area contributed by atoms with Crippen LogP contribution in [0.3, 0.4) is 0 Å². The van der Waals surface area contributed by atoms with Gasteiger partial charge in [-0.25, -0.2) is 9.97 Å². The number of aromatic nitrogens is 2. The van der Waals surface area contributed by atoms with Crippen LogP contribution in [0.25, 0.3) is 0 Å². The highest BCUT2D eigenvalue weighted by atomic mass is 32.1. The summed E-state index contributed by atoms with van der Waals surface area (Å²) in [4.78, 5) is 15.2. The predicted octanol–water partition coefficient (Wildman–Crippen LogP) is 3.47. The summed E-state index contributed by atoms with van der Waals surface area (Å²) in [6.45, 7) is 6.24. The number of piperidine rings is 1. The summed E-state index contributed by atoms with van der Waals surface area (Å²) in [5.41, 5.74) is 2.56. The van der Waals surface area contributed by atoms with Gasteiger partial charge < -0.3 is 4.90 Å². The maximum absolute atomic E-state index is 4.56. The first-order chi connectivity index (χ1) is 10.7. The van der Waals surface area contributed by atoms with E-state index < -0.39 is 0 Å². The van der Waals surface area contributed by atoms with Crippen molar-refractivity contribution >= 4 is 17.3 Å². The second-order valence-electron chi connectivity index (χ2n) is 6.14. The van der Waals surface area contributed by atoms with Gasteiger partial charge in [-0.15, -0.1) is 11.3 Å². The third-order valence-corrected chi connectivity index (χ3v) is 5.17. The van der Waals surface area contributed by atoms with Crippen molar-refractivity contribution in [3.05, 3.63) is 39.8 Å². The SMILES string of the molecule is Cc1ccsc1CN(C)Cc1cnc(N2CCCCC2)nc1. The molecule has 1 aliphatic rings. The summed E-state index contributed by atoms with van der Waals surface area (Å²) in [7, 11) is 2.15. The molecule has 5 heteroatoms. The number of aryl methyl sites for hydroxylation is 1. The molecule has 3 rings (SSSR count). The summed E-state index contributed by atoms with van der Waals surface area (Å²) < 4.78 is 0. The minimum absolute atomic E-state index is 0.887. The van der Waals surface area contributed by atoms with Gasteiger partial charge in [0.2, 0.25) is 5.95 Å². The summed E-state index contributed by atoms with van der Waals surface area (Å²) in [6.07, 6.45) is 7.81. The standard InChI is InChI=1S/C17H24N4S/c1-14-6-9-22-16(14)13-20(2)12-15-10-18-17(19-11-15)21-7-4-3-5-8-21/h6,9-11H,3-5,7-8,12-13H2,1-2H3. The van der Waals surface area contributed by atoms with Crippen molar-refractivity contribution < 1.29 is 0 Å². The Morgan fingerprint density at radius 1 is 1.14 bits per heavy atom. The number of hydrogen-bond donors (Lipinski definition) is 0. The molecule has 1 aliphatic heterocycles. The van der Waals surface area contributed by atoms with E-state index in [1.54, 1.807) is 0 Å². The van der Waals surface area contributed by atoms with Gasteiger partial charge in [0.05, 0.1) is 0 Å². The Morgan fingerprint density at radius 2 is 1.86 bits per heavy atom. The first-order valence-electron chi connectivity index (χ1n) is 8.00. The lowest BCUT2D eigenvalue weighted by molar-refractivity contribution is 0.320. The van der Waals surface area contributed by atoms with Crippen molar-refractivity contribution in [2.75, 3.05) is 25.0 Å². The average Bonchev–Trinajstić information content (AvgIpc) is 2.94. The second kappa shape index (κ2) is 7.20. The zero-order valence-corrected chi connectivity index (χ0v) is 14.3. The Labute approximate surface area is 136 Å². The van der Waals surface area contributed by atoms with E-state index in [2.05, 4.69) is 45.2 Å². The fraction of sp³-hybridized carbons (Fsp3) is 0.529. The summed E-state index contributed by atoms with van der Waals surface area (Å²) in [6, 6.07) is 2.18. The quantitative estimate of drug-likeness (QED) is 0.845. The number of anilines is 1. The van der Waals surface area contributed by atoms with Crippen LogP contribution in [0.4, 0.5) is 5.95 Å². The van der Waals surface area contributed by atoms with Gasteiger partial charge in [-0.05, 0) is 50.2 Å². The largest absolute Gasteiger partial charge is 0.341 e. The average molecular weight is 316 g/mol. The second-order valence-corrected chi connectivity index (χ2v) is 7.14. The third kappa shape index (κ3) is 3.84. The molecule has 3 heterocycles. The van der Waals surface area contributed by atoms with E-state index in [9.17, 15) is 0 Å². The highest BCUT2D eigenvalue weighted by molar-refractivity contribution is 7.10. The van der Waals surface area contributed by atoms with E-state index in [0.717, 1.165) is 32.1 Å². The molecule has 0 bridgehead atoms. The summed E-state index contributed by atoms with van der Waals surface area (Å²) in [5, 5.41) is 2.16. The zero-order chi connectivity index (χ0) is 15.4. The van der Waals surface area contributed by atoms with E-state index in [1.807, 2.05) is 23.7 Å². The highest BCUT2D eigenvalue weighted by Gasteiger charge is 2.13. The van der Waals surface area contributed by atoms with Crippen LogP contribution in [0.5, 0.6) is 0 Å². The number of thiophene rings is 1. The van der Waals surface area contributed by atoms with Gasteiger partial charge in [-0.3, -0.25) is 4.90 Å². The molecule has 0 atom stereocenters. The molecule has 118 valence electrons. The molecule has 0 radical (unpaired) electrons. The Hall–Kier alpha value is -1.46. The van der Waals surface area contributed by atoms with Crippen molar-refractivity contribution in [3.63, 3.8) is 0 Å². The zero-order valence-electron chi connectivity index (χ0n) is 13.5. The van der Waals surface area contributed by atoms with Crippen LogP contribution in [0.1, 0.15) is 35.3 Å². The van der Waals surface area contributed by atoms with Crippen molar-refractivity contribution in [2.24, 2.45) is 0 Å². The maximum atomic E-state index is 4.56. The summed E-state index contributed by atoms with van der Waals surface area (Å²) >= 11 is 1.83. The fourth-order valence-electron chi connectivity index (χ4n) is 2.87. The predicted molar refractivity (Wildman–Crippen MR) is 92.3 cm³/mol. The topological polar surface area (TPSA) is 32.3 Å². The molecule has 2 aromatic rings. The van der Waals surface area contributed by atoms with Crippen molar-refractivity contribution in [2.45, 2.75) is 39.3 Å². The van der Waals surface area contributed by atoms with Crippen molar-refractivity contribution in [1.82, 2.24) is 14.9 Å². The molecule has 0 amide bonds. The molecule has 22 heavy (non-hydrogen) atoms. The van der Waals surface area contributed by atoms with Gasteiger partial charge in [-0.1, -0.05) is 0 Å². The Bertz CT molecular complexity index is 587. The number of hydrogen-bond acceptors (Lipinski definition) is 5. The molecular weight excluding hydrogens is 292 g/mol. The van der Waals surface area contributed by atoms with E-state index in [4.69, 9.17) is 0 Å². The maximum Gasteiger partial charge on any atom is 0.225 e. The van der Waals surface area contributed by atoms with Gasteiger partial charge in [0.15, 0.2) is 0 Å². The third-order valence-electron chi connectivity index (χ3n) is 4.16. The van der Waals surface area contributed by atoms with Gasteiger partial charge >= 0.3 is 0 Å². The lowest BCUT2D eigenvalue weighted by Crippen LogP contribution is -2.31. The lowest BCUT2D eigenvalue weighted by atomic mass is 10.1. The van der Waals surface area contributed by atoms with Crippen LogP contribution in [-0.2, 0) is 13.1 Å². The Balaban J connectivity index is 1.57. The van der Waals surface area contributed by atoms with Gasteiger partial charge in [-0.2, -0.15) is 0 Å². The molecule has 0 N–H and O–H groups in total. The number of rotatable bonds is 5. The monoisotopic (exact) mass is 316 g/mol. The molecule has 1 fully saturated rings. The fourth-order valence-corrected chi connectivity index (χ4v) is 3.85. The first kappa shape index (κ1) is 15.4. The lowest BCUT2D eigenvalue weighted by Gasteiger charge is -2.26. The number of nitrogens with zero attached hydrogens (tertiary/aromatic N) is 4. The van der Waals surface area contributed by atoms with E-state index >= 15 is 0 Å². The van der Waals surface area contributed by atoms with E-state index in [1.165, 1.54) is 35.3 Å². The van der Waals surface area contributed by atoms with E-state index in [0.29, 0.717) is 0 Å². The molecule has 0 aliphatic carbocycles. The molecule has 1 saturated heterocycles. The Kier molecular flexibility index (Phi) is 5.05. The van der Waals surface area contributed by atoms with Gasteiger partial charge in [0.25, 0.3) is 0 Å². The molecule has 0 spiro atoms. The van der Waals surface area contributed by atoms with Crippen molar-refractivity contribution in [3.8, 4) is 0 Å². The van der Waals surface area contributed by atoms with E-state index in [-0.39, 0.29) is 0 Å². The van der Waals surface area contributed by atoms with Crippen LogP contribution in [0.2, 0.25) is 0 Å². The van der Waals surface area contributed by atoms with Gasteiger partial charge in [0.1, 0.15) is 0 Å². The Morgan fingerprint density at radius 3 is 2.50 bits per heavy atom. The normalized spacial score (nSPS) is 15.5. The van der Waals surface area contributed by atoms with Crippen LogP contribution >= 0.6 is 11.3 Å². The minimum Gasteiger partial charge on any atom is -0.341 e. The molecule has 4 nitrogen and oxygen atoms in total. The molecule has 0 unspecified atom stereocenters. The summed E-state index contributed by atoms with van der Waals surface area (Å²) in [5.74, 6) is 0.889. The van der Waals surface area contributed by atoms with Crippen molar-refractivity contribution in [1.29, 1.82) is 0 Å². The molecule has 0 aromatic carbocycles. The molecular formula is C17H24N4S. The molecule has 0 saturated carbocycles.